The molecule has 0 amide bonds. The number of hydrogen-bond acceptors (Lipinski definition) is 24. The number of aliphatic hydroxyl groups excluding tert-OH is 12. The number of fused-ring (bicyclic) bond motifs is 1. The lowest BCUT2D eigenvalue weighted by Crippen LogP contribution is -2.83. The Labute approximate surface area is 338 Å². The number of hydrogen-bond donors (Lipinski definition) is 14. The van der Waals surface area contributed by atoms with Crippen LogP contribution >= 0.6 is 0 Å². The molecule has 24 nitrogen and oxygen atoms in total. The predicted octanol–water partition coefficient (Wildman–Crippen LogP) is -8.11. The molecule has 6 saturated heterocycles. The van der Waals surface area contributed by atoms with Gasteiger partial charge >= 0.3 is 0 Å². The highest BCUT2D eigenvalue weighted by Gasteiger charge is 2.73. The van der Waals surface area contributed by atoms with E-state index in [4.69, 9.17) is 58.8 Å². The third-order valence-electron chi connectivity index (χ3n) is 11.9. The Balaban J connectivity index is 1.33. The number of rotatable bonds is 11. The predicted molar refractivity (Wildman–Crippen MR) is 189 cm³/mol. The van der Waals surface area contributed by atoms with E-state index in [1.54, 1.807) is 20.8 Å². The second-order valence-electron chi connectivity index (χ2n) is 17.1. The van der Waals surface area contributed by atoms with Gasteiger partial charge < -0.3 is 120 Å². The minimum atomic E-state index is -2.42. The van der Waals surface area contributed by atoms with Crippen LogP contribution in [-0.4, -0.2) is 240 Å². The number of ether oxygens (including phenoxy) is 10. The van der Waals surface area contributed by atoms with E-state index in [0.29, 0.717) is 0 Å². The van der Waals surface area contributed by atoms with Crippen LogP contribution in [0.5, 0.6) is 0 Å². The summed E-state index contributed by atoms with van der Waals surface area (Å²) in [5.41, 5.74) is 12.4. The van der Waals surface area contributed by atoms with Gasteiger partial charge in [-0.1, -0.05) is 0 Å². The molecule has 24 heteroatoms. The maximum atomic E-state index is 11.4. The smallest absolute Gasteiger partial charge is 0.208 e. The van der Waals surface area contributed by atoms with Crippen LogP contribution in [0.1, 0.15) is 34.6 Å². The summed E-state index contributed by atoms with van der Waals surface area (Å²) in [5, 5.41) is 129. The largest absolute Gasteiger partial charge is 0.394 e. The van der Waals surface area contributed by atoms with Crippen molar-refractivity contribution in [2.45, 2.75) is 193 Å². The van der Waals surface area contributed by atoms with Crippen molar-refractivity contribution in [2.24, 2.45) is 17.4 Å². The molecule has 16 unspecified atom stereocenters. The first-order valence-corrected chi connectivity index (χ1v) is 19.7. The van der Waals surface area contributed by atoms with E-state index in [1.165, 1.54) is 13.8 Å². The van der Waals surface area contributed by atoms with Gasteiger partial charge in [0.2, 0.25) is 5.79 Å². The van der Waals surface area contributed by atoms with Crippen molar-refractivity contribution < 1.29 is 109 Å². The fourth-order valence-electron chi connectivity index (χ4n) is 8.53. The van der Waals surface area contributed by atoms with E-state index >= 15 is 0 Å². The van der Waals surface area contributed by atoms with Crippen molar-refractivity contribution >= 4 is 0 Å². The Bertz CT molecular complexity index is 1380. The molecule has 0 aliphatic carbocycles. The minimum Gasteiger partial charge on any atom is -0.394 e. The van der Waals surface area contributed by atoms with Gasteiger partial charge in [-0.15, -0.1) is 0 Å². The first kappa shape index (κ1) is 47.5. The van der Waals surface area contributed by atoms with E-state index in [9.17, 15) is 61.3 Å². The van der Waals surface area contributed by atoms with Crippen LogP contribution in [0.25, 0.3) is 0 Å². The fourth-order valence-corrected chi connectivity index (χ4v) is 8.53. The molecule has 0 radical (unpaired) electrons. The van der Waals surface area contributed by atoms with E-state index in [-0.39, 0.29) is 0 Å². The lowest BCUT2D eigenvalue weighted by atomic mass is 9.71. The van der Waals surface area contributed by atoms with Gasteiger partial charge in [0, 0.05) is 0 Å². The van der Waals surface area contributed by atoms with Gasteiger partial charge in [-0.25, -0.2) is 0 Å². The van der Waals surface area contributed by atoms with Crippen molar-refractivity contribution in [2.75, 3.05) is 19.8 Å². The number of aliphatic hydroxyl groups is 12. The topological polar surface area (TPSA) is 387 Å². The van der Waals surface area contributed by atoms with E-state index in [0.717, 1.165) is 0 Å². The van der Waals surface area contributed by atoms with Crippen LogP contribution in [0.2, 0.25) is 0 Å². The zero-order valence-electron chi connectivity index (χ0n) is 33.2. The lowest BCUT2D eigenvalue weighted by Gasteiger charge is -2.65. The van der Waals surface area contributed by atoms with Crippen molar-refractivity contribution in [1.29, 1.82) is 0 Å². The monoisotopic (exact) mass is 862 g/mol. The fraction of sp³-hybridized carbons (Fsp3) is 1.00. The number of nitrogens with two attached hydrogens (primary N) is 2. The summed E-state index contributed by atoms with van der Waals surface area (Å²) < 4.78 is 60.1. The van der Waals surface area contributed by atoms with Crippen LogP contribution < -0.4 is 11.5 Å². The molecule has 6 fully saturated rings. The SMILES string of the molecule is CC1O[C@H](C2(O[C@@H]3OC(CO)C(O)[C@H](O)C3OC3OC(C)[C@H](O)C(O)[C@@H]3O)O[C@@H]3C(N)[C@H](O[C@H]4C(O)C(CO)O[C@@H](OC(C)(C)C)C4N)OC(CO)C32)C(O)[C@H](O)C1O. The third kappa shape index (κ3) is 8.81. The highest BCUT2D eigenvalue weighted by Crippen LogP contribution is 2.54. The highest BCUT2D eigenvalue weighted by molar-refractivity contribution is 5.14. The van der Waals surface area contributed by atoms with Crippen LogP contribution in [-0.2, 0) is 47.4 Å². The molecule has 0 aromatic carbocycles. The van der Waals surface area contributed by atoms with Crippen LogP contribution in [0.4, 0.5) is 0 Å². The van der Waals surface area contributed by atoms with Gasteiger partial charge in [-0.05, 0) is 34.6 Å². The molecular formula is C35H62N2O22. The van der Waals surface area contributed by atoms with Gasteiger partial charge in [0.25, 0.3) is 0 Å². The second-order valence-corrected chi connectivity index (χ2v) is 17.1. The van der Waals surface area contributed by atoms with Crippen molar-refractivity contribution in [3.8, 4) is 0 Å². The maximum absolute atomic E-state index is 11.4. The average Bonchev–Trinajstić information content (AvgIpc) is 3.18. The normalized spacial score (nSPS) is 54.7. The molecule has 344 valence electrons. The van der Waals surface area contributed by atoms with E-state index < -0.39 is 184 Å². The Morgan fingerprint density at radius 1 is 0.525 bits per heavy atom. The van der Waals surface area contributed by atoms with Crippen LogP contribution in [0.3, 0.4) is 0 Å². The van der Waals surface area contributed by atoms with Gasteiger partial charge in [-0.2, -0.15) is 0 Å². The zero-order chi connectivity index (χ0) is 43.6. The highest BCUT2D eigenvalue weighted by atomic mass is 16.8. The third-order valence-corrected chi connectivity index (χ3v) is 11.9. The molecule has 0 aromatic rings. The molecule has 6 heterocycles. The quantitative estimate of drug-likeness (QED) is 0.0917. The van der Waals surface area contributed by atoms with Gasteiger partial charge in [-0.3, -0.25) is 0 Å². The Morgan fingerprint density at radius 2 is 1.05 bits per heavy atom. The Hall–Kier alpha value is -0.960. The Morgan fingerprint density at radius 3 is 1.64 bits per heavy atom. The molecule has 0 aromatic heterocycles. The summed E-state index contributed by atoms with van der Waals surface area (Å²) in [6.45, 7) is 5.61. The van der Waals surface area contributed by atoms with Gasteiger partial charge in [0.15, 0.2) is 25.2 Å². The summed E-state index contributed by atoms with van der Waals surface area (Å²) in [7, 11) is 0. The molecule has 6 aliphatic heterocycles. The first-order valence-electron chi connectivity index (χ1n) is 19.7. The summed E-state index contributed by atoms with van der Waals surface area (Å²) in [6, 6.07) is -2.49. The van der Waals surface area contributed by atoms with Crippen LogP contribution in [0.15, 0.2) is 0 Å². The van der Waals surface area contributed by atoms with Crippen molar-refractivity contribution in [1.82, 2.24) is 0 Å². The van der Waals surface area contributed by atoms with E-state index in [2.05, 4.69) is 0 Å². The van der Waals surface area contributed by atoms with Gasteiger partial charge in [0.05, 0.1) is 67.8 Å². The second kappa shape index (κ2) is 18.3. The summed E-state index contributed by atoms with van der Waals surface area (Å²) >= 11 is 0. The molecule has 59 heavy (non-hydrogen) atoms. The first-order chi connectivity index (χ1) is 27.6. The Kier molecular flexibility index (Phi) is 14.7. The van der Waals surface area contributed by atoms with Crippen LogP contribution in [0, 0.1) is 5.92 Å². The average molecular weight is 863 g/mol. The molecule has 0 bridgehead atoms. The molecule has 0 saturated carbocycles. The lowest BCUT2D eigenvalue weighted by molar-refractivity contribution is -0.509. The minimum absolute atomic E-state index is 0.644. The summed E-state index contributed by atoms with van der Waals surface area (Å²) in [5.74, 6) is -3.72. The van der Waals surface area contributed by atoms with Crippen molar-refractivity contribution in [3.05, 3.63) is 0 Å². The van der Waals surface area contributed by atoms with Crippen molar-refractivity contribution in [3.63, 3.8) is 0 Å². The molecule has 26 atom stereocenters. The van der Waals surface area contributed by atoms with E-state index in [1.807, 2.05) is 0 Å². The summed E-state index contributed by atoms with van der Waals surface area (Å²) in [6.07, 6.45) is -35.2. The maximum Gasteiger partial charge on any atom is 0.208 e. The molecule has 16 N–H and O–H groups in total. The molecular weight excluding hydrogens is 800 g/mol. The standard InChI is InChI=1S/C35H62N2O22/c1-9-17(41)21(45)24(48)29(50-9)35(59-33-28(23(47)19(43)12(7-39)54-33)56-32-25(49)22(46)18(42)10(2)51-32)14-11(6-38)52-30(15(36)26(14)57-35)55-27-16(37)31(58-34(3,4)5)53-13(8-40)20(27)44/h9-33,38-49H,6-8,36-37H2,1-5H3/t9?,10?,11?,12?,13?,14?,15?,16?,17?,18-,19?,20?,21+,22?,23-,24?,25-,26-,27+,28?,29-,30-,31-,32?,33-,35?/m0/s1. The molecule has 6 rings (SSSR count). The zero-order valence-corrected chi connectivity index (χ0v) is 33.2. The molecule has 0 spiro atoms. The van der Waals surface area contributed by atoms with Gasteiger partial charge in [0.1, 0.15) is 85.5 Å². The molecule has 6 aliphatic rings. The summed E-state index contributed by atoms with van der Waals surface area (Å²) in [4.78, 5) is 0.